The molecule has 22 heavy (non-hydrogen) atoms. The molecule has 0 saturated heterocycles. The number of rotatable bonds is 6. The Morgan fingerprint density at radius 2 is 2.05 bits per heavy atom. The number of amides is 1. The van der Waals surface area contributed by atoms with Crippen molar-refractivity contribution < 1.29 is 19.0 Å². The van der Waals surface area contributed by atoms with Gasteiger partial charge in [-0.1, -0.05) is 6.07 Å². The van der Waals surface area contributed by atoms with Gasteiger partial charge >= 0.3 is 0 Å². The molecule has 6 nitrogen and oxygen atoms in total. The van der Waals surface area contributed by atoms with E-state index in [1.54, 1.807) is 7.11 Å². The molecule has 0 saturated carbocycles. The Morgan fingerprint density at radius 3 is 2.68 bits per heavy atom. The van der Waals surface area contributed by atoms with Gasteiger partial charge in [-0.25, -0.2) is 0 Å². The summed E-state index contributed by atoms with van der Waals surface area (Å²) in [5.74, 6) is 1.37. The molecule has 124 valence electrons. The van der Waals surface area contributed by atoms with Gasteiger partial charge in [0.15, 0.2) is 11.5 Å². The Morgan fingerprint density at radius 1 is 1.36 bits per heavy atom. The van der Waals surface area contributed by atoms with Gasteiger partial charge in [0.25, 0.3) is 0 Å². The summed E-state index contributed by atoms with van der Waals surface area (Å²) >= 11 is 0. The highest BCUT2D eigenvalue weighted by Gasteiger charge is 2.17. The lowest BCUT2D eigenvalue weighted by atomic mass is 10.1. The predicted octanol–water partition coefficient (Wildman–Crippen LogP) is 1.42. The SMILES string of the molecule is COC(CN)CC(=O)NC(C)c1ccc2c(c1)OCCO2.Cl. The van der Waals surface area contributed by atoms with Gasteiger partial charge in [-0.3, -0.25) is 4.79 Å². The van der Waals surface area contributed by atoms with E-state index in [1.165, 1.54) is 0 Å². The van der Waals surface area contributed by atoms with Gasteiger partial charge in [0.05, 0.1) is 18.6 Å². The summed E-state index contributed by atoms with van der Waals surface area (Å²) in [4.78, 5) is 11.9. The highest BCUT2D eigenvalue weighted by atomic mass is 35.5. The van der Waals surface area contributed by atoms with Crippen LogP contribution in [0.5, 0.6) is 11.5 Å². The van der Waals surface area contributed by atoms with E-state index in [1.807, 2.05) is 25.1 Å². The number of ether oxygens (including phenoxy) is 3. The average Bonchev–Trinajstić information content (AvgIpc) is 2.52. The molecule has 0 spiro atoms. The van der Waals surface area contributed by atoms with E-state index in [-0.39, 0.29) is 36.9 Å². The minimum atomic E-state index is -0.252. The highest BCUT2D eigenvalue weighted by Crippen LogP contribution is 2.32. The van der Waals surface area contributed by atoms with Crippen LogP contribution in [0.15, 0.2) is 18.2 Å². The lowest BCUT2D eigenvalue weighted by Crippen LogP contribution is -2.33. The van der Waals surface area contributed by atoms with Crippen LogP contribution in [0, 0.1) is 0 Å². The molecule has 7 heteroatoms. The second-order valence-corrected chi connectivity index (χ2v) is 4.99. The Hall–Kier alpha value is -1.50. The first kappa shape index (κ1) is 18.5. The van der Waals surface area contributed by atoms with Crippen LogP contribution >= 0.6 is 12.4 Å². The molecule has 1 heterocycles. The number of hydrogen-bond acceptors (Lipinski definition) is 5. The molecule has 1 aliphatic heterocycles. The van der Waals surface area contributed by atoms with Crippen LogP contribution < -0.4 is 20.5 Å². The zero-order chi connectivity index (χ0) is 15.2. The molecule has 3 N–H and O–H groups in total. The summed E-state index contributed by atoms with van der Waals surface area (Å²) in [7, 11) is 1.55. The molecule has 0 fully saturated rings. The van der Waals surface area contributed by atoms with Crippen molar-refractivity contribution in [3.8, 4) is 11.5 Å². The fourth-order valence-electron chi connectivity index (χ4n) is 2.18. The largest absolute Gasteiger partial charge is 0.486 e. The van der Waals surface area contributed by atoms with E-state index in [4.69, 9.17) is 19.9 Å². The number of carbonyl (C=O) groups excluding carboxylic acids is 1. The molecule has 0 aliphatic carbocycles. The summed E-state index contributed by atoms with van der Waals surface area (Å²) in [5, 5.41) is 2.93. The third kappa shape index (κ3) is 4.76. The number of hydrogen-bond donors (Lipinski definition) is 2. The van der Waals surface area contributed by atoms with Crippen LogP contribution in [0.3, 0.4) is 0 Å². The molecule has 2 rings (SSSR count). The van der Waals surface area contributed by atoms with Gasteiger partial charge in [-0.15, -0.1) is 12.4 Å². The van der Waals surface area contributed by atoms with Crippen LogP contribution in [0.25, 0.3) is 0 Å². The Balaban J connectivity index is 0.00000242. The van der Waals surface area contributed by atoms with Crippen molar-refractivity contribution in [2.45, 2.75) is 25.5 Å². The Labute approximate surface area is 136 Å². The zero-order valence-corrected chi connectivity index (χ0v) is 13.7. The molecule has 0 aromatic heterocycles. The molecule has 1 aliphatic rings. The van der Waals surface area contributed by atoms with Crippen molar-refractivity contribution in [1.82, 2.24) is 5.32 Å². The van der Waals surface area contributed by atoms with Crippen molar-refractivity contribution >= 4 is 18.3 Å². The van der Waals surface area contributed by atoms with Crippen LogP contribution in [0.2, 0.25) is 0 Å². The third-order valence-corrected chi connectivity index (χ3v) is 3.45. The van der Waals surface area contributed by atoms with Crippen molar-refractivity contribution in [2.24, 2.45) is 5.73 Å². The number of carbonyl (C=O) groups is 1. The highest BCUT2D eigenvalue weighted by molar-refractivity contribution is 5.85. The Bertz CT molecular complexity index is 494. The van der Waals surface area contributed by atoms with Crippen molar-refractivity contribution in [3.63, 3.8) is 0 Å². The van der Waals surface area contributed by atoms with Crippen LogP contribution in [0.1, 0.15) is 24.9 Å². The molecule has 2 unspecified atom stereocenters. The second kappa shape index (κ2) is 8.82. The summed E-state index contributed by atoms with van der Waals surface area (Å²) in [6, 6.07) is 5.57. The standard InChI is InChI=1S/C15H22N2O4.ClH/c1-10(17-15(18)8-12(9-16)19-2)11-3-4-13-14(7-11)21-6-5-20-13;/h3-4,7,10,12H,5-6,8-9,16H2,1-2H3,(H,17,18);1H. The topological polar surface area (TPSA) is 82.8 Å². The van der Waals surface area contributed by atoms with Gasteiger partial charge in [0, 0.05) is 13.7 Å². The number of nitrogens with one attached hydrogen (secondary N) is 1. The summed E-state index contributed by atoms with van der Waals surface area (Å²) in [6.45, 7) is 3.36. The van der Waals surface area contributed by atoms with E-state index in [0.29, 0.717) is 19.8 Å². The van der Waals surface area contributed by atoms with Gasteiger partial charge in [-0.05, 0) is 24.6 Å². The fraction of sp³-hybridized carbons (Fsp3) is 0.533. The molecular formula is C15H23ClN2O4. The second-order valence-electron chi connectivity index (χ2n) is 4.99. The lowest BCUT2D eigenvalue weighted by Gasteiger charge is -2.21. The van der Waals surface area contributed by atoms with Crippen molar-refractivity contribution in [2.75, 3.05) is 26.9 Å². The van der Waals surface area contributed by atoms with E-state index in [9.17, 15) is 4.79 Å². The molecule has 0 radical (unpaired) electrons. The molecule has 1 amide bonds. The predicted molar refractivity (Wildman–Crippen MR) is 85.7 cm³/mol. The quantitative estimate of drug-likeness (QED) is 0.824. The van der Waals surface area contributed by atoms with Gasteiger partial charge < -0.3 is 25.3 Å². The molecular weight excluding hydrogens is 308 g/mol. The van der Waals surface area contributed by atoms with E-state index >= 15 is 0 Å². The van der Waals surface area contributed by atoms with E-state index in [0.717, 1.165) is 17.1 Å². The maximum atomic E-state index is 11.9. The first-order valence-electron chi connectivity index (χ1n) is 7.05. The average molecular weight is 331 g/mol. The normalized spacial score (nSPS) is 15.4. The summed E-state index contributed by atoms with van der Waals surface area (Å²) < 4.78 is 16.1. The van der Waals surface area contributed by atoms with Gasteiger partial charge in [0.1, 0.15) is 13.2 Å². The smallest absolute Gasteiger partial charge is 0.223 e. The number of fused-ring (bicyclic) bond motifs is 1. The number of benzene rings is 1. The summed E-state index contributed by atoms with van der Waals surface area (Å²) in [5.41, 5.74) is 6.48. The zero-order valence-electron chi connectivity index (χ0n) is 12.8. The maximum Gasteiger partial charge on any atom is 0.223 e. The third-order valence-electron chi connectivity index (χ3n) is 3.45. The fourth-order valence-corrected chi connectivity index (χ4v) is 2.18. The van der Waals surface area contributed by atoms with Crippen LogP contribution in [-0.4, -0.2) is 38.9 Å². The number of halogens is 1. The molecule has 1 aromatic carbocycles. The molecule has 0 bridgehead atoms. The lowest BCUT2D eigenvalue weighted by molar-refractivity contribution is -0.124. The maximum absolute atomic E-state index is 11.9. The first-order chi connectivity index (χ1) is 10.1. The first-order valence-corrected chi connectivity index (χ1v) is 7.05. The number of nitrogens with two attached hydrogens (primary N) is 1. The summed E-state index contributed by atoms with van der Waals surface area (Å²) in [6.07, 6.45) is -0.000469. The minimum Gasteiger partial charge on any atom is -0.486 e. The van der Waals surface area contributed by atoms with Gasteiger partial charge in [-0.2, -0.15) is 0 Å². The van der Waals surface area contributed by atoms with Crippen molar-refractivity contribution in [3.05, 3.63) is 23.8 Å². The van der Waals surface area contributed by atoms with E-state index in [2.05, 4.69) is 5.32 Å². The van der Waals surface area contributed by atoms with Crippen molar-refractivity contribution in [1.29, 1.82) is 0 Å². The minimum absolute atomic E-state index is 0. The monoisotopic (exact) mass is 330 g/mol. The van der Waals surface area contributed by atoms with Crippen LogP contribution in [0.4, 0.5) is 0 Å². The molecule has 1 aromatic rings. The number of methoxy groups -OCH3 is 1. The molecule has 2 atom stereocenters. The van der Waals surface area contributed by atoms with Crippen LogP contribution in [-0.2, 0) is 9.53 Å². The van der Waals surface area contributed by atoms with Gasteiger partial charge in [0.2, 0.25) is 5.91 Å². The Kier molecular flexibility index (Phi) is 7.44. The van der Waals surface area contributed by atoms with E-state index < -0.39 is 0 Å².